The number of nitrogens with one attached hydrogen (secondary N) is 1. The maximum absolute atomic E-state index is 5.91. The second-order valence-corrected chi connectivity index (χ2v) is 6.45. The normalized spacial score (nSPS) is 14.2. The SMILES string of the molecule is c1ccc(-c2ccc(CNCc3ccc(N4CCCC4)nc3)o2)cc1. The van der Waals surface area contributed by atoms with E-state index in [1.165, 1.54) is 18.4 Å². The van der Waals surface area contributed by atoms with E-state index >= 15 is 0 Å². The zero-order valence-electron chi connectivity index (χ0n) is 14.3. The van der Waals surface area contributed by atoms with E-state index in [0.717, 1.165) is 42.5 Å². The summed E-state index contributed by atoms with van der Waals surface area (Å²) >= 11 is 0. The average molecular weight is 333 g/mol. The summed E-state index contributed by atoms with van der Waals surface area (Å²) < 4.78 is 5.91. The van der Waals surface area contributed by atoms with Gasteiger partial charge in [0.1, 0.15) is 17.3 Å². The van der Waals surface area contributed by atoms with Crippen molar-refractivity contribution in [2.24, 2.45) is 0 Å². The highest BCUT2D eigenvalue weighted by Crippen LogP contribution is 2.22. The van der Waals surface area contributed by atoms with Crippen LogP contribution in [0.25, 0.3) is 11.3 Å². The first-order chi connectivity index (χ1) is 12.4. The molecule has 3 aromatic rings. The monoisotopic (exact) mass is 333 g/mol. The van der Waals surface area contributed by atoms with E-state index in [1.807, 2.05) is 36.5 Å². The summed E-state index contributed by atoms with van der Waals surface area (Å²) in [6, 6.07) is 18.5. The molecule has 0 aliphatic carbocycles. The molecule has 4 rings (SSSR count). The minimum atomic E-state index is 0.709. The fourth-order valence-corrected chi connectivity index (χ4v) is 3.22. The third kappa shape index (κ3) is 3.91. The Morgan fingerprint density at radius 2 is 1.76 bits per heavy atom. The molecule has 0 bridgehead atoms. The molecule has 1 aliphatic heterocycles. The second-order valence-electron chi connectivity index (χ2n) is 6.45. The highest BCUT2D eigenvalue weighted by Gasteiger charge is 2.12. The summed E-state index contributed by atoms with van der Waals surface area (Å²) in [7, 11) is 0. The van der Waals surface area contributed by atoms with Crippen LogP contribution in [0, 0.1) is 0 Å². The van der Waals surface area contributed by atoms with Crippen LogP contribution in [-0.4, -0.2) is 18.1 Å². The molecule has 1 saturated heterocycles. The Morgan fingerprint density at radius 1 is 0.920 bits per heavy atom. The summed E-state index contributed by atoms with van der Waals surface area (Å²) in [6.07, 6.45) is 4.52. The van der Waals surface area contributed by atoms with Crippen LogP contribution in [0.5, 0.6) is 0 Å². The number of pyridine rings is 1. The Hall–Kier alpha value is -2.59. The van der Waals surface area contributed by atoms with E-state index in [4.69, 9.17) is 4.42 Å². The van der Waals surface area contributed by atoms with Crippen LogP contribution < -0.4 is 10.2 Å². The third-order valence-corrected chi connectivity index (χ3v) is 4.59. The molecular weight excluding hydrogens is 310 g/mol. The molecule has 0 radical (unpaired) electrons. The van der Waals surface area contributed by atoms with Crippen molar-refractivity contribution in [2.45, 2.75) is 25.9 Å². The van der Waals surface area contributed by atoms with Gasteiger partial charge in [0.2, 0.25) is 0 Å². The molecule has 0 amide bonds. The zero-order valence-corrected chi connectivity index (χ0v) is 14.3. The highest BCUT2D eigenvalue weighted by atomic mass is 16.3. The predicted molar refractivity (Wildman–Crippen MR) is 100 cm³/mol. The van der Waals surface area contributed by atoms with Gasteiger partial charge in [-0.25, -0.2) is 4.98 Å². The lowest BCUT2D eigenvalue weighted by Gasteiger charge is -2.16. The molecule has 128 valence electrons. The standard InChI is InChI=1S/C21H23N3O/c1-2-6-18(7-3-1)20-10-9-19(25-20)16-22-14-17-8-11-21(23-15-17)24-12-4-5-13-24/h1-3,6-11,15,22H,4-5,12-14,16H2. The smallest absolute Gasteiger partial charge is 0.134 e. The van der Waals surface area contributed by atoms with Crippen LogP contribution in [-0.2, 0) is 13.1 Å². The van der Waals surface area contributed by atoms with E-state index in [1.54, 1.807) is 0 Å². The molecular formula is C21H23N3O. The Kier molecular flexibility index (Phi) is 4.79. The van der Waals surface area contributed by atoms with Gasteiger partial charge in [0.25, 0.3) is 0 Å². The lowest BCUT2D eigenvalue weighted by molar-refractivity contribution is 0.493. The van der Waals surface area contributed by atoms with Crippen molar-refractivity contribution in [3.05, 3.63) is 72.1 Å². The Morgan fingerprint density at radius 3 is 2.52 bits per heavy atom. The number of furan rings is 1. The van der Waals surface area contributed by atoms with Crippen LogP contribution in [0.1, 0.15) is 24.2 Å². The predicted octanol–water partition coefficient (Wildman–Crippen LogP) is 4.23. The van der Waals surface area contributed by atoms with Crippen LogP contribution in [0.15, 0.2) is 65.2 Å². The van der Waals surface area contributed by atoms with Gasteiger partial charge in [0.05, 0.1) is 6.54 Å². The summed E-state index contributed by atoms with van der Waals surface area (Å²) in [4.78, 5) is 6.94. The maximum Gasteiger partial charge on any atom is 0.134 e. The van der Waals surface area contributed by atoms with Crippen molar-refractivity contribution in [3.8, 4) is 11.3 Å². The van der Waals surface area contributed by atoms with Crippen molar-refractivity contribution >= 4 is 5.82 Å². The van der Waals surface area contributed by atoms with Gasteiger partial charge in [-0.2, -0.15) is 0 Å². The fourth-order valence-electron chi connectivity index (χ4n) is 3.22. The maximum atomic E-state index is 5.91. The number of hydrogen-bond acceptors (Lipinski definition) is 4. The largest absolute Gasteiger partial charge is 0.460 e. The summed E-state index contributed by atoms with van der Waals surface area (Å²) in [5.74, 6) is 2.95. The van der Waals surface area contributed by atoms with Gasteiger partial charge in [0.15, 0.2) is 0 Å². The molecule has 3 heterocycles. The first-order valence-corrected chi connectivity index (χ1v) is 8.93. The highest BCUT2D eigenvalue weighted by molar-refractivity contribution is 5.57. The van der Waals surface area contributed by atoms with Crippen LogP contribution in [0.3, 0.4) is 0 Å². The van der Waals surface area contributed by atoms with Gasteiger partial charge in [0, 0.05) is 31.4 Å². The topological polar surface area (TPSA) is 41.3 Å². The summed E-state index contributed by atoms with van der Waals surface area (Å²) in [5, 5.41) is 3.42. The lowest BCUT2D eigenvalue weighted by Crippen LogP contribution is -2.19. The van der Waals surface area contributed by atoms with E-state index < -0.39 is 0 Å². The summed E-state index contributed by atoms with van der Waals surface area (Å²) in [6.45, 7) is 3.76. The lowest BCUT2D eigenvalue weighted by atomic mass is 10.2. The van der Waals surface area contributed by atoms with Gasteiger partial charge in [-0.1, -0.05) is 36.4 Å². The van der Waals surface area contributed by atoms with Crippen molar-refractivity contribution in [1.29, 1.82) is 0 Å². The zero-order chi connectivity index (χ0) is 16.9. The minimum Gasteiger partial charge on any atom is -0.460 e. The van der Waals surface area contributed by atoms with Gasteiger partial charge >= 0.3 is 0 Å². The van der Waals surface area contributed by atoms with Crippen LogP contribution >= 0.6 is 0 Å². The van der Waals surface area contributed by atoms with Crippen molar-refractivity contribution < 1.29 is 4.42 Å². The molecule has 0 spiro atoms. The number of benzene rings is 1. The fraction of sp³-hybridized carbons (Fsp3) is 0.286. The quantitative estimate of drug-likeness (QED) is 0.733. The van der Waals surface area contributed by atoms with Crippen LogP contribution in [0.4, 0.5) is 5.82 Å². The van der Waals surface area contributed by atoms with E-state index in [0.29, 0.717) is 6.54 Å². The van der Waals surface area contributed by atoms with E-state index in [9.17, 15) is 0 Å². The van der Waals surface area contributed by atoms with Crippen LogP contribution in [0.2, 0.25) is 0 Å². The van der Waals surface area contributed by atoms with Crippen molar-refractivity contribution in [1.82, 2.24) is 10.3 Å². The molecule has 1 N–H and O–H groups in total. The number of aromatic nitrogens is 1. The number of anilines is 1. The Balaban J connectivity index is 1.30. The van der Waals surface area contributed by atoms with Gasteiger partial charge < -0.3 is 14.6 Å². The molecule has 1 aromatic carbocycles. The minimum absolute atomic E-state index is 0.709. The Labute approximate surface area is 148 Å². The van der Waals surface area contributed by atoms with Gasteiger partial charge in [-0.3, -0.25) is 0 Å². The third-order valence-electron chi connectivity index (χ3n) is 4.59. The van der Waals surface area contributed by atoms with Gasteiger partial charge in [-0.15, -0.1) is 0 Å². The first kappa shape index (κ1) is 15.9. The molecule has 4 heteroatoms. The summed E-state index contributed by atoms with van der Waals surface area (Å²) in [5.41, 5.74) is 2.30. The van der Waals surface area contributed by atoms with E-state index in [-0.39, 0.29) is 0 Å². The number of nitrogens with zero attached hydrogens (tertiary/aromatic N) is 2. The Bertz CT molecular complexity index is 790. The van der Waals surface area contributed by atoms with E-state index in [2.05, 4.69) is 39.5 Å². The second kappa shape index (κ2) is 7.53. The number of hydrogen-bond donors (Lipinski definition) is 1. The molecule has 1 fully saturated rings. The molecule has 0 unspecified atom stereocenters. The van der Waals surface area contributed by atoms with Crippen molar-refractivity contribution in [2.75, 3.05) is 18.0 Å². The molecule has 0 saturated carbocycles. The molecule has 4 nitrogen and oxygen atoms in total. The van der Waals surface area contributed by atoms with Crippen molar-refractivity contribution in [3.63, 3.8) is 0 Å². The molecule has 25 heavy (non-hydrogen) atoms. The first-order valence-electron chi connectivity index (χ1n) is 8.93. The molecule has 2 aromatic heterocycles. The molecule has 0 atom stereocenters. The molecule has 1 aliphatic rings. The average Bonchev–Trinajstić information content (AvgIpc) is 3.35. The van der Waals surface area contributed by atoms with Gasteiger partial charge in [-0.05, 0) is 36.6 Å². The number of rotatable bonds is 6.